The topological polar surface area (TPSA) is 26.3 Å². The third kappa shape index (κ3) is 3.32. The molecule has 0 radical (unpaired) electrons. The third-order valence-electron chi connectivity index (χ3n) is 1.59. The molecule has 1 aromatic rings. The van der Waals surface area contributed by atoms with E-state index >= 15 is 0 Å². The van der Waals surface area contributed by atoms with E-state index in [0.29, 0.717) is 12.0 Å². The van der Waals surface area contributed by atoms with Crippen LogP contribution in [-0.2, 0) is 0 Å². The molecule has 0 unspecified atom stereocenters. The van der Waals surface area contributed by atoms with Gasteiger partial charge in [0.1, 0.15) is 11.6 Å². The van der Waals surface area contributed by atoms with Crippen LogP contribution in [0.1, 0.15) is 10.4 Å². The second-order valence-corrected chi connectivity index (χ2v) is 8.97. The van der Waals surface area contributed by atoms with Gasteiger partial charge < -0.3 is 4.43 Å². The third-order valence-corrected chi connectivity index (χ3v) is 2.76. The second-order valence-electron chi connectivity index (χ2n) is 4.13. The highest BCUT2D eigenvalue weighted by molar-refractivity contribution is 6.70. The highest BCUT2D eigenvalue weighted by atomic mass is 35.5. The van der Waals surface area contributed by atoms with Crippen molar-refractivity contribution in [3.63, 3.8) is 0 Å². The molecular formula is C10H12ClFO2Si. The van der Waals surface area contributed by atoms with Crippen molar-refractivity contribution < 1.29 is 13.6 Å². The Morgan fingerprint density at radius 1 is 1.40 bits per heavy atom. The summed E-state index contributed by atoms with van der Waals surface area (Å²) >= 11 is 5.73. The Bertz CT molecular complexity index is 364. The molecule has 82 valence electrons. The van der Waals surface area contributed by atoms with Gasteiger partial charge in [-0.05, 0) is 25.7 Å². The van der Waals surface area contributed by atoms with Gasteiger partial charge in [-0.1, -0.05) is 11.6 Å². The summed E-state index contributed by atoms with van der Waals surface area (Å²) in [5.74, 6) is -0.270. The molecule has 0 N–H and O–H groups in total. The van der Waals surface area contributed by atoms with Crippen molar-refractivity contribution in [2.75, 3.05) is 0 Å². The monoisotopic (exact) mass is 246 g/mol. The van der Waals surface area contributed by atoms with Crippen LogP contribution in [0.2, 0.25) is 24.7 Å². The van der Waals surface area contributed by atoms with Crippen LogP contribution in [-0.4, -0.2) is 14.6 Å². The van der Waals surface area contributed by atoms with Crippen molar-refractivity contribution in [3.8, 4) is 5.75 Å². The average Bonchev–Trinajstić information content (AvgIpc) is 1.99. The van der Waals surface area contributed by atoms with Gasteiger partial charge in [0.25, 0.3) is 0 Å². The minimum Gasteiger partial charge on any atom is -0.544 e. The van der Waals surface area contributed by atoms with Crippen LogP contribution in [0.3, 0.4) is 0 Å². The van der Waals surface area contributed by atoms with Gasteiger partial charge in [0.2, 0.25) is 8.32 Å². The van der Waals surface area contributed by atoms with E-state index in [1.165, 1.54) is 12.1 Å². The first-order valence-corrected chi connectivity index (χ1v) is 8.25. The number of benzene rings is 1. The number of hydrogen-bond donors (Lipinski definition) is 0. The number of carbonyl (C=O) groups excluding carboxylic acids is 1. The van der Waals surface area contributed by atoms with Crippen LogP contribution in [0.25, 0.3) is 0 Å². The van der Waals surface area contributed by atoms with Crippen molar-refractivity contribution in [1.82, 2.24) is 0 Å². The van der Waals surface area contributed by atoms with Gasteiger partial charge in [-0.25, -0.2) is 4.39 Å². The number of carbonyl (C=O) groups is 1. The molecule has 1 aromatic carbocycles. The van der Waals surface area contributed by atoms with E-state index in [-0.39, 0.29) is 10.6 Å². The lowest BCUT2D eigenvalue weighted by Gasteiger charge is -2.19. The zero-order valence-electron chi connectivity index (χ0n) is 8.80. The second kappa shape index (κ2) is 4.33. The highest BCUT2D eigenvalue weighted by Gasteiger charge is 2.18. The molecule has 1 rings (SSSR count). The van der Waals surface area contributed by atoms with Gasteiger partial charge in [-0.3, -0.25) is 4.79 Å². The zero-order chi connectivity index (χ0) is 11.6. The molecule has 5 heteroatoms. The average molecular weight is 247 g/mol. The fraction of sp³-hybridized carbons (Fsp3) is 0.300. The van der Waals surface area contributed by atoms with Gasteiger partial charge in [0.15, 0.2) is 6.29 Å². The predicted molar refractivity (Wildman–Crippen MR) is 60.8 cm³/mol. The molecule has 0 heterocycles. The smallest absolute Gasteiger partial charge is 0.242 e. The Morgan fingerprint density at radius 2 is 2.00 bits per heavy atom. The van der Waals surface area contributed by atoms with E-state index in [2.05, 4.69) is 0 Å². The maximum Gasteiger partial charge on any atom is 0.242 e. The summed E-state index contributed by atoms with van der Waals surface area (Å²) in [4.78, 5) is 10.5. The van der Waals surface area contributed by atoms with E-state index in [9.17, 15) is 9.18 Å². The highest BCUT2D eigenvalue weighted by Crippen LogP contribution is 2.26. The van der Waals surface area contributed by atoms with Crippen LogP contribution in [0.5, 0.6) is 5.75 Å². The summed E-state index contributed by atoms with van der Waals surface area (Å²) in [5.41, 5.74) is -0.125. The first-order valence-electron chi connectivity index (χ1n) is 4.47. The summed E-state index contributed by atoms with van der Waals surface area (Å²) in [6, 6.07) is 2.65. The van der Waals surface area contributed by atoms with E-state index in [1.54, 1.807) is 0 Å². The molecule has 0 saturated carbocycles. The summed E-state index contributed by atoms with van der Waals surface area (Å²) < 4.78 is 18.9. The first kappa shape index (κ1) is 12.2. The van der Waals surface area contributed by atoms with Gasteiger partial charge >= 0.3 is 0 Å². The zero-order valence-corrected chi connectivity index (χ0v) is 10.6. The van der Waals surface area contributed by atoms with Crippen molar-refractivity contribution >= 4 is 26.2 Å². The number of rotatable bonds is 3. The van der Waals surface area contributed by atoms with Crippen molar-refractivity contribution in [1.29, 1.82) is 0 Å². The normalized spacial score (nSPS) is 11.3. The van der Waals surface area contributed by atoms with Crippen molar-refractivity contribution in [2.24, 2.45) is 0 Å². The Balaban J connectivity index is 3.09. The van der Waals surface area contributed by atoms with Crippen LogP contribution in [0, 0.1) is 5.82 Å². The van der Waals surface area contributed by atoms with Crippen molar-refractivity contribution in [2.45, 2.75) is 19.6 Å². The Labute approximate surface area is 94.1 Å². The Morgan fingerprint density at radius 3 is 2.40 bits per heavy atom. The fourth-order valence-electron chi connectivity index (χ4n) is 1.09. The molecule has 0 aliphatic carbocycles. The molecule has 15 heavy (non-hydrogen) atoms. The van der Waals surface area contributed by atoms with Gasteiger partial charge in [-0.15, -0.1) is 0 Å². The lowest BCUT2D eigenvalue weighted by atomic mass is 10.2. The summed E-state index contributed by atoms with van der Waals surface area (Å²) in [6.07, 6.45) is 0.399. The molecule has 0 fully saturated rings. The van der Waals surface area contributed by atoms with Crippen LogP contribution < -0.4 is 4.43 Å². The quantitative estimate of drug-likeness (QED) is 0.603. The molecule has 2 nitrogen and oxygen atoms in total. The number of halogens is 2. The van der Waals surface area contributed by atoms with Crippen LogP contribution in [0.15, 0.2) is 12.1 Å². The van der Waals surface area contributed by atoms with Crippen molar-refractivity contribution in [3.05, 3.63) is 28.5 Å². The fourth-order valence-corrected chi connectivity index (χ4v) is 2.15. The molecular weight excluding hydrogens is 235 g/mol. The van der Waals surface area contributed by atoms with E-state index in [0.717, 1.165) is 0 Å². The summed E-state index contributed by atoms with van der Waals surface area (Å²) in [6.45, 7) is 5.94. The number of aldehydes is 1. The Kier molecular flexibility index (Phi) is 3.52. The maximum atomic E-state index is 13.3. The SMILES string of the molecule is C[Si](C)(C)Oc1cc(F)c(C=O)c(Cl)c1. The molecule has 0 aliphatic heterocycles. The van der Waals surface area contributed by atoms with Gasteiger partial charge in [0.05, 0.1) is 10.6 Å². The van der Waals surface area contributed by atoms with Crippen LogP contribution >= 0.6 is 11.6 Å². The molecule has 0 atom stereocenters. The lowest BCUT2D eigenvalue weighted by molar-refractivity contribution is 0.112. The summed E-state index contributed by atoms with van der Waals surface area (Å²) in [7, 11) is -1.79. The van der Waals surface area contributed by atoms with Gasteiger partial charge in [-0.2, -0.15) is 0 Å². The Hall–Kier alpha value is -0.873. The molecule has 0 saturated heterocycles. The van der Waals surface area contributed by atoms with Crippen LogP contribution in [0.4, 0.5) is 4.39 Å². The minimum absolute atomic E-state index is 0.0817. The first-order chi connectivity index (χ1) is 6.83. The number of hydrogen-bond acceptors (Lipinski definition) is 2. The maximum absolute atomic E-state index is 13.3. The van der Waals surface area contributed by atoms with E-state index in [4.69, 9.17) is 16.0 Å². The lowest BCUT2D eigenvalue weighted by Crippen LogP contribution is -2.29. The summed E-state index contributed by atoms with van der Waals surface area (Å²) in [5, 5.41) is 0.0817. The predicted octanol–water partition coefficient (Wildman–Crippen LogP) is 3.51. The van der Waals surface area contributed by atoms with E-state index in [1.807, 2.05) is 19.6 Å². The largest absolute Gasteiger partial charge is 0.544 e. The van der Waals surface area contributed by atoms with Gasteiger partial charge in [0, 0.05) is 6.07 Å². The molecule has 0 aliphatic rings. The minimum atomic E-state index is -1.79. The standard InChI is InChI=1S/C10H12ClFO2Si/c1-15(2,3)14-7-4-9(11)8(6-13)10(12)5-7/h4-6H,1-3H3. The molecule has 0 aromatic heterocycles. The molecule has 0 bridgehead atoms. The molecule has 0 spiro atoms. The molecule has 0 amide bonds. The van der Waals surface area contributed by atoms with E-state index < -0.39 is 14.1 Å².